The normalized spacial score (nSPS) is 10.7. The van der Waals surface area contributed by atoms with Crippen LogP contribution in [-0.4, -0.2) is 11.6 Å². The van der Waals surface area contributed by atoms with E-state index in [1.165, 1.54) is 27.7 Å². The van der Waals surface area contributed by atoms with E-state index < -0.39 is 0 Å². The topological polar surface area (TPSA) is 80.3 Å². The van der Waals surface area contributed by atoms with Gasteiger partial charge in [-0.25, -0.2) is 0 Å². The van der Waals surface area contributed by atoms with Gasteiger partial charge in [-0.3, -0.25) is 9.59 Å². The Labute approximate surface area is 103 Å². The summed E-state index contributed by atoms with van der Waals surface area (Å²) in [5.41, 5.74) is 0. The molecule has 0 aromatic rings. The molecule has 0 amide bonds. The minimum atomic E-state index is -0.187. The van der Waals surface area contributed by atoms with Crippen LogP contribution in [0.2, 0.25) is 0 Å². The number of ketones is 2. The van der Waals surface area contributed by atoms with E-state index in [0.717, 1.165) is 12.2 Å². The second kappa shape index (κ2) is 11.2. The zero-order chi connectivity index (χ0) is 11.7. The van der Waals surface area contributed by atoms with Gasteiger partial charge in [-0.2, -0.15) is 0 Å². The Morgan fingerprint density at radius 1 is 0.800 bits per heavy atom. The molecule has 0 heterocycles. The van der Waals surface area contributed by atoms with Crippen LogP contribution in [0, 0.1) is 0 Å². The minimum absolute atomic E-state index is 0. The SMILES string of the molecule is CC(=O)/C=C(/C)[O-].CC(=O)/C=C(/C)[O-].[Pd+2]. The molecule has 0 aliphatic rings. The molecule has 0 N–H and O–H groups in total. The van der Waals surface area contributed by atoms with E-state index in [4.69, 9.17) is 0 Å². The van der Waals surface area contributed by atoms with Gasteiger partial charge in [0.15, 0.2) is 11.6 Å². The van der Waals surface area contributed by atoms with Crippen molar-refractivity contribution in [2.45, 2.75) is 27.7 Å². The van der Waals surface area contributed by atoms with E-state index in [1.54, 1.807) is 0 Å². The van der Waals surface area contributed by atoms with Crippen LogP contribution >= 0.6 is 0 Å². The first-order valence-electron chi connectivity index (χ1n) is 3.97. The molecule has 0 aromatic carbocycles. The first-order chi connectivity index (χ1) is 6.25. The van der Waals surface area contributed by atoms with Crippen molar-refractivity contribution in [2.24, 2.45) is 0 Å². The van der Waals surface area contributed by atoms with E-state index in [0.29, 0.717) is 0 Å². The second-order valence-electron chi connectivity index (χ2n) is 2.73. The predicted molar refractivity (Wildman–Crippen MR) is 48.9 cm³/mol. The Morgan fingerprint density at radius 3 is 1.00 bits per heavy atom. The molecular formula is C10H14O4Pd. The Bertz CT molecular complexity index is 231. The molecule has 0 rings (SSSR count). The number of hydrogen-bond acceptors (Lipinski definition) is 4. The van der Waals surface area contributed by atoms with E-state index in [2.05, 4.69) is 0 Å². The van der Waals surface area contributed by atoms with Crippen LogP contribution in [0.1, 0.15) is 27.7 Å². The fourth-order valence-corrected chi connectivity index (χ4v) is 0.572. The fourth-order valence-electron chi connectivity index (χ4n) is 0.572. The van der Waals surface area contributed by atoms with Gasteiger partial charge in [0, 0.05) is 0 Å². The van der Waals surface area contributed by atoms with Crippen LogP contribution in [0.4, 0.5) is 0 Å². The Kier molecular flexibility index (Phi) is 14.6. The molecule has 0 unspecified atom stereocenters. The van der Waals surface area contributed by atoms with Crippen molar-refractivity contribution in [3.8, 4) is 0 Å². The third-order valence-corrected chi connectivity index (χ3v) is 0.813. The van der Waals surface area contributed by atoms with Gasteiger partial charge in [0.25, 0.3) is 0 Å². The van der Waals surface area contributed by atoms with Crippen LogP contribution < -0.4 is 10.2 Å². The molecule has 0 bridgehead atoms. The molecule has 0 radical (unpaired) electrons. The molecule has 5 heteroatoms. The Balaban J connectivity index is -0.000000180. The first-order valence-corrected chi connectivity index (χ1v) is 3.97. The summed E-state index contributed by atoms with van der Waals surface area (Å²) in [7, 11) is 0. The number of allylic oxidation sites excluding steroid dienone is 4. The zero-order valence-electron chi connectivity index (χ0n) is 9.10. The molecule has 15 heavy (non-hydrogen) atoms. The van der Waals surface area contributed by atoms with Gasteiger partial charge >= 0.3 is 20.4 Å². The number of hydrogen-bond donors (Lipinski definition) is 0. The van der Waals surface area contributed by atoms with Crippen molar-refractivity contribution in [2.75, 3.05) is 0 Å². The third-order valence-electron chi connectivity index (χ3n) is 0.813. The molecule has 0 atom stereocenters. The largest absolute Gasteiger partial charge is 2.00 e. The summed E-state index contributed by atoms with van der Waals surface area (Å²) in [6, 6.07) is 0. The number of carbonyl (C=O) groups excluding carboxylic acids is 2. The molecule has 0 aliphatic carbocycles. The second-order valence-corrected chi connectivity index (χ2v) is 2.73. The van der Waals surface area contributed by atoms with Gasteiger partial charge in [-0.15, -0.1) is 11.5 Å². The molecule has 0 fully saturated rings. The van der Waals surface area contributed by atoms with E-state index in [1.807, 2.05) is 0 Å². The quantitative estimate of drug-likeness (QED) is 0.398. The maximum absolute atomic E-state index is 9.98. The van der Waals surface area contributed by atoms with Crippen molar-refractivity contribution >= 4 is 11.6 Å². The van der Waals surface area contributed by atoms with Crippen molar-refractivity contribution in [1.82, 2.24) is 0 Å². The van der Waals surface area contributed by atoms with Crippen molar-refractivity contribution in [3.05, 3.63) is 23.7 Å². The van der Waals surface area contributed by atoms with E-state index in [9.17, 15) is 19.8 Å². The summed E-state index contributed by atoms with van der Waals surface area (Å²) in [4.78, 5) is 20.0. The summed E-state index contributed by atoms with van der Waals surface area (Å²) in [6.45, 7) is 5.39. The molecule has 0 aliphatic heterocycles. The molecule has 0 saturated carbocycles. The van der Waals surface area contributed by atoms with Gasteiger partial charge in [0.1, 0.15) is 0 Å². The monoisotopic (exact) mass is 304 g/mol. The molecule has 0 aromatic heterocycles. The molecule has 4 nitrogen and oxygen atoms in total. The number of carbonyl (C=O) groups is 2. The molecule has 0 saturated heterocycles. The van der Waals surface area contributed by atoms with Gasteiger partial charge in [0.2, 0.25) is 0 Å². The third kappa shape index (κ3) is 32.0. The van der Waals surface area contributed by atoms with Crippen molar-refractivity contribution in [1.29, 1.82) is 0 Å². The predicted octanol–water partition coefficient (Wildman–Crippen LogP) is -0.324. The molecular weight excluding hydrogens is 291 g/mol. The van der Waals surface area contributed by atoms with Crippen LogP contribution in [-0.2, 0) is 30.0 Å². The van der Waals surface area contributed by atoms with Crippen LogP contribution in [0.3, 0.4) is 0 Å². The van der Waals surface area contributed by atoms with Gasteiger partial charge in [-0.1, -0.05) is 13.8 Å². The summed E-state index contributed by atoms with van der Waals surface area (Å²) >= 11 is 0. The fraction of sp³-hybridized carbons (Fsp3) is 0.400. The Morgan fingerprint density at radius 2 is 1.00 bits per heavy atom. The smallest absolute Gasteiger partial charge is 0.876 e. The summed E-state index contributed by atoms with van der Waals surface area (Å²) in [6.07, 6.45) is 2.11. The summed E-state index contributed by atoms with van der Waals surface area (Å²) in [5, 5.41) is 20.0. The van der Waals surface area contributed by atoms with Crippen LogP contribution in [0.5, 0.6) is 0 Å². The molecule has 0 spiro atoms. The van der Waals surface area contributed by atoms with Crippen LogP contribution in [0.15, 0.2) is 23.7 Å². The zero-order valence-corrected chi connectivity index (χ0v) is 10.7. The Hall–Kier alpha value is -0.918. The standard InChI is InChI=1S/2C5H8O2.Pd/c2*1-4(6)3-5(2)7;/h2*3,6H,1-2H3;/q;;+2/p-2/b2*4-3-;. The maximum Gasteiger partial charge on any atom is 2.00 e. The van der Waals surface area contributed by atoms with Gasteiger partial charge in [-0.05, 0) is 26.0 Å². The van der Waals surface area contributed by atoms with Gasteiger partial charge < -0.3 is 10.2 Å². The summed E-state index contributed by atoms with van der Waals surface area (Å²) in [5.74, 6) is -0.750. The first kappa shape index (κ1) is 19.6. The maximum atomic E-state index is 9.98. The van der Waals surface area contributed by atoms with Crippen molar-refractivity contribution < 1.29 is 40.2 Å². The van der Waals surface area contributed by atoms with E-state index >= 15 is 0 Å². The van der Waals surface area contributed by atoms with Crippen molar-refractivity contribution in [3.63, 3.8) is 0 Å². The summed E-state index contributed by atoms with van der Waals surface area (Å²) < 4.78 is 0. The van der Waals surface area contributed by atoms with Gasteiger partial charge in [0.05, 0.1) is 0 Å². The minimum Gasteiger partial charge on any atom is -0.876 e. The molecule has 88 valence electrons. The van der Waals surface area contributed by atoms with E-state index in [-0.39, 0.29) is 43.5 Å². The van der Waals surface area contributed by atoms with Crippen LogP contribution in [0.25, 0.3) is 0 Å². The number of rotatable bonds is 2. The average Bonchev–Trinajstić information content (AvgIpc) is 1.79. The average molecular weight is 305 g/mol.